The second-order valence-corrected chi connectivity index (χ2v) is 7.35. The number of amides is 2. The number of nitrogens with one attached hydrogen (secondary N) is 1. The first-order chi connectivity index (χ1) is 14.0. The summed E-state index contributed by atoms with van der Waals surface area (Å²) in [6.45, 7) is 3.86. The van der Waals surface area contributed by atoms with Crippen molar-refractivity contribution < 1.29 is 14.0 Å². The van der Waals surface area contributed by atoms with Crippen molar-refractivity contribution in [3.05, 3.63) is 69.9 Å². The van der Waals surface area contributed by atoms with Crippen LogP contribution in [0, 0.1) is 6.92 Å². The lowest BCUT2D eigenvalue weighted by molar-refractivity contribution is -0.132. The first-order valence-electron chi connectivity index (χ1n) is 9.74. The summed E-state index contributed by atoms with van der Waals surface area (Å²) in [5, 5.41) is 0.970. The fraction of sp³-hybridized carbons (Fsp3) is 0.318. The Labute approximate surface area is 167 Å². The number of aryl methyl sites for hydroxylation is 2. The second kappa shape index (κ2) is 7.95. The molecule has 0 unspecified atom stereocenters. The smallest absolute Gasteiger partial charge is 0.289 e. The maximum Gasteiger partial charge on any atom is 0.289 e. The number of carbonyl (C=O) groups excluding carboxylic acids is 2. The molecule has 1 aromatic carbocycles. The monoisotopic (exact) mass is 393 g/mol. The van der Waals surface area contributed by atoms with Gasteiger partial charge in [-0.05, 0) is 54.6 Å². The van der Waals surface area contributed by atoms with Gasteiger partial charge in [0, 0.05) is 43.7 Å². The number of furan rings is 1. The highest BCUT2D eigenvalue weighted by Gasteiger charge is 2.25. The van der Waals surface area contributed by atoms with Gasteiger partial charge in [-0.15, -0.1) is 0 Å². The summed E-state index contributed by atoms with van der Waals surface area (Å²) < 4.78 is 5.16. The number of pyridine rings is 1. The van der Waals surface area contributed by atoms with Crippen molar-refractivity contribution in [3.63, 3.8) is 0 Å². The number of carbonyl (C=O) groups is 2. The molecule has 1 aliphatic heterocycles. The third kappa shape index (κ3) is 4.08. The highest BCUT2D eigenvalue weighted by Crippen LogP contribution is 2.16. The van der Waals surface area contributed by atoms with Crippen molar-refractivity contribution in [2.24, 2.45) is 0 Å². The van der Waals surface area contributed by atoms with Crippen molar-refractivity contribution in [2.45, 2.75) is 19.8 Å². The standard InChI is InChI=1S/C22H23N3O4/c1-15-13-17-14-16(4-6-18(17)23-21(15)27)5-7-20(26)24-8-10-25(11-9-24)22(28)19-3-2-12-29-19/h2-4,6,12-14H,5,7-11H2,1H3,(H,23,27). The van der Waals surface area contributed by atoms with E-state index in [2.05, 4.69) is 4.98 Å². The van der Waals surface area contributed by atoms with Gasteiger partial charge in [0.1, 0.15) is 0 Å². The molecule has 7 nitrogen and oxygen atoms in total. The Bertz CT molecular complexity index is 1090. The van der Waals surface area contributed by atoms with Crippen molar-refractivity contribution in [1.29, 1.82) is 0 Å². The molecule has 0 bridgehead atoms. The van der Waals surface area contributed by atoms with Crippen LogP contribution < -0.4 is 5.56 Å². The van der Waals surface area contributed by atoms with Crippen LogP contribution in [0.5, 0.6) is 0 Å². The van der Waals surface area contributed by atoms with Crippen LogP contribution in [0.4, 0.5) is 0 Å². The molecule has 29 heavy (non-hydrogen) atoms. The van der Waals surface area contributed by atoms with E-state index in [-0.39, 0.29) is 17.4 Å². The zero-order chi connectivity index (χ0) is 20.4. The summed E-state index contributed by atoms with van der Waals surface area (Å²) in [5.41, 5.74) is 2.45. The number of aromatic nitrogens is 1. The predicted octanol–water partition coefficient (Wildman–Crippen LogP) is 2.35. The van der Waals surface area contributed by atoms with Gasteiger partial charge >= 0.3 is 0 Å². The number of hydrogen-bond donors (Lipinski definition) is 1. The first-order valence-corrected chi connectivity index (χ1v) is 9.74. The molecule has 0 aliphatic carbocycles. The number of hydrogen-bond acceptors (Lipinski definition) is 4. The lowest BCUT2D eigenvalue weighted by Gasteiger charge is -2.34. The normalized spacial score (nSPS) is 14.4. The quantitative estimate of drug-likeness (QED) is 0.737. The molecule has 0 atom stereocenters. The van der Waals surface area contributed by atoms with Crippen LogP contribution in [0.1, 0.15) is 28.1 Å². The average molecular weight is 393 g/mol. The third-order valence-electron chi connectivity index (χ3n) is 5.37. The molecule has 1 N–H and O–H groups in total. The van der Waals surface area contributed by atoms with Crippen molar-refractivity contribution in [3.8, 4) is 0 Å². The first kappa shape index (κ1) is 19.0. The molecule has 0 saturated carbocycles. The van der Waals surface area contributed by atoms with E-state index < -0.39 is 0 Å². The number of aromatic amines is 1. The van der Waals surface area contributed by atoms with E-state index in [9.17, 15) is 14.4 Å². The Morgan fingerprint density at radius 2 is 1.83 bits per heavy atom. The molecule has 2 amide bonds. The van der Waals surface area contributed by atoms with E-state index in [4.69, 9.17) is 4.42 Å². The number of piperazine rings is 1. The van der Waals surface area contributed by atoms with E-state index in [0.717, 1.165) is 16.5 Å². The van der Waals surface area contributed by atoms with Crippen LogP contribution in [-0.2, 0) is 11.2 Å². The molecular formula is C22H23N3O4. The minimum atomic E-state index is -0.133. The molecular weight excluding hydrogens is 370 g/mol. The zero-order valence-corrected chi connectivity index (χ0v) is 16.3. The Hall–Kier alpha value is -3.35. The van der Waals surface area contributed by atoms with Gasteiger partial charge in [0.25, 0.3) is 11.5 Å². The van der Waals surface area contributed by atoms with Crippen LogP contribution in [0.3, 0.4) is 0 Å². The number of benzene rings is 1. The molecule has 150 valence electrons. The minimum Gasteiger partial charge on any atom is -0.459 e. The van der Waals surface area contributed by atoms with Crippen molar-refractivity contribution in [1.82, 2.24) is 14.8 Å². The van der Waals surface area contributed by atoms with Crippen LogP contribution in [0.2, 0.25) is 0 Å². The van der Waals surface area contributed by atoms with Gasteiger partial charge in [0.05, 0.1) is 6.26 Å². The van der Waals surface area contributed by atoms with E-state index in [1.54, 1.807) is 24.0 Å². The van der Waals surface area contributed by atoms with E-state index in [0.29, 0.717) is 50.3 Å². The molecule has 4 rings (SSSR count). The third-order valence-corrected chi connectivity index (χ3v) is 5.37. The molecule has 1 fully saturated rings. The lowest BCUT2D eigenvalue weighted by atomic mass is 10.0. The molecule has 7 heteroatoms. The van der Waals surface area contributed by atoms with Gasteiger partial charge in [-0.25, -0.2) is 0 Å². The Morgan fingerprint density at radius 1 is 1.07 bits per heavy atom. The van der Waals surface area contributed by atoms with Gasteiger partial charge in [-0.1, -0.05) is 6.07 Å². The highest BCUT2D eigenvalue weighted by atomic mass is 16.3. The molecule has 3 heterocycles. The summed E-state index contributed by atoms with van der Waals surface area (Å²) in [4.78, 5) is 43.0. The largest absolute Gasteiger partial charge is 0.459 e. The van der Waals surface area contributed by atoms with E-state index in [1.165, 1.54) is 6.26 Å². The van der Waals surface area contributed by atoms with E-state index >= 15 is 0 Å². The number of rotatable bonds is 4. The summed E-state index contributed by atoms with van der Waals surface area (Å²) >= 11 is 0. The highest BCUT2D eigenvalue weighted by molar-refractivity contribution is 5.91. The van der Waals surface area contributed by atoms with Crippen LogP contribution >= 0.6 is 0 Å². The average Bonchev–Trinajstić information content (AvgIpc) is 3.27. The van der Waals surface area contributed by atoms with Crippen LogP contribution in [-0.4, -0.2) is 52.8 Å². The SMILES string of the molecule is Cc1cc2cc(CCC(=O)N3CCN(C(=O)c4ccco4)CC3)ccc2[nH]c1=O. The van der Waals surface area contributed by atoms with E-state index in [1.807, 2.05) is 29.2 Å². The maximum atomic E-state index is 12.6. The number of nitrogens with zero attached hydrogens (tertiary/aromatic N) is 2. The fourth-order valence-corrected chi connectivity index (χ4v) is 3.65. The fourth-order valence-electron chi connectivity index (χ4n) is 3.65. The lowest BCUT2D eigenvalue weighted by Crippen LogP contribution is -2.50. The summed E-state index contributed by atoms with van der Waals surface area (Å²) in [7, 11) is 0. The maximum absolute atomic E-state index is 12.6. The Balaban J connectivity index is 1.32. The summed E-state index contributed by atoms with van der Waals surface area (Å²) in [6.07, 6.45) is 2.54. The predicted molar refractivity (Wildman–Crippen MR) is 109 cm³/mol. The zero-order valence-electron chi connectivity index (χ0n) is 16.3. The van der Waals surface area contributed by atoms with Gasteiger partial charge in [0.15, 0.2) is 5.76 Å². The van der Waals surface area contributed by atoms with Crippen molar-refractivity contribution >= 4 is 22.7 Å². The van der Waals surface area contributed by atoms with Gasteiger partial charge in [-0.2, -0.15) is 0 Å². The summed E-state index contributed by atoms with van der Waals surface area (Å²) in [5.74, 6) is 0.289. The Kier molecular flexibility index (Phi) is 5.20. The molecule has 1 saturated heterocycles. The molecule has 1 aliphatic rings. The van der Waals surface area contributed by atoms with Crippen LogP contribution in [0.25, 0.3) is 10.9 Å². The molecule has 0 radical (unpaired) electrons. The number of fused-ring (bicyclic) bond motifs is 1. The van der Waals surface area contributed by atoms with Gasteiger partial charge in [0.2, 0.25) is 5.91 Å². The molecule has 2 aromatic heterocycles. The Morgan fingerprint density at radius 3 is 2.55 bits per heavy atom. The molecule has 3 aromatic rings. The van der Waals surface area contributed by atoms with Gasteiger partial charge in [-0.3, -0.25) is 14.4 Å². The van der Waals surface area contributed by atoms with Crippen molar-refractivity contribution in [2.75, 3.05) is 26.2 Å². The number of H-pyrrole nitrogens is 1. The summed E-state index contributed by atoms with van der Waals surface area (Å²) in [6, 6.07) is 11.1. The molecule has 0 spiro atoms. The topological polar surface area (TPSA) is 86.6 Å². The van der Waals surface area contributed by atoms with Gasteiger partial charge < -0.3 is 19.2 Å². The second-order valence-electron chi connectivity index (χ2n) is 7.35. The minimum absolute atomic E-state index is 0.0786. The van der Waals surface area contributed by atoms with Crippen LogP contribution in [0.15, 0.2) is 51.9 Å².